The molecule has 2 heterocycles. The van der Waals surface area contributed by atoms with Crippen LogP contribution in [0.1, 0.15) is 33.4 Å². The van der Waals surface area contributed by atoms with E-state index in [2.05, 4.69) is 31.0 Å². The van der Waals surface area contributed by atoms with Crippen LogP contribution in [0.25, 0.3) is 0 Å². The minimum Gasteiger partial charge on any atom is -0.378 e. The molecule has 0 aliphatic heterocycles. The van der Waals surface area contributed by atoms with Crippen molar-refractivity contribution in [1.29, 1.82) is 0 Å². The monoisotopic (exact) mass is 556 g/mol. The molecular formula is C24H24N6O4S3. The van der Waals surface area contributed by atoms with Gasteiger partial charge in [0, 0.05) is 12.8 Å². The number of nitrogens with one attached hydrogen (secondary N) is 2. The third kappa shape index (κ3) is 7.87. The van der Waals surface area contributed by atoms with Gasteiger partial charge in [0.25, 0.3) is 11.8 Å². The highest BCUT2D eigenvalue weighted by Crippen LogP contribution is 2.22. The highest BCUT2D eigenvalue weighted by atomic mass is 32.2. The molecule has 10 nitrogen and oxygen atoms in total. The smallest absolute Gasteiger partial charge is 0.259 e. The first-order valence-corrected chi connectivity index (χ1v) is 14.1. The van der Waals surface area contributed by atoms with Crippen molar-refractivity contribution in [2.45, 2.75) is 25.0 Å². The number of thioether (sulfide) groups is 1. The Morgan fingerprint density at radius 2 is 1.11 bits per heavy atom. The van der Waals surface area contributed by atoms with Crippen molar-refractivity contribution in [1.82, 2.24) is 20.4 Å². The van der Waals surface area contributed by atoms with Gasteiger partial charge in [-0.1, -0.05) is 83.3 Å². The van der Waals surface area contributed by atoms with Crippen LogP contribution in [-0.4, -0.2) is 53.9 Å². The summed E-state index contributed by atoms with van der Waals surface area (Å²) in [5, 5.41) is 44.0. The number of anilines is 2. The van der Waals surface area contributed by atoms with Gasteiger partial charge in [-0.15, -0.1) is 20.4 Å². The number of hydrogen-bond donors (Lipinski definition) is 4. The van der Waals surface area contributed by atoms with Crippen LogP contribution >= 0.6 is 34.4 Å². The van der Waals surface area contributed by atoms with Crippen LogP contribution in [-0.2, 0) is 22.4 Å². The molecule has 0 fully saturated rings. The van der Waals surface area contributed by atoms with Crippen LogP contribution in [0.2, 0.25) is 0 Å². The zero-order chi connectivity index (χ0) is 26.0. The van der Waals surface area contributed by atoms with Crippen molar-refractivity contribution in [2.24, 2.45) is 0 Å². The summed E-state index contributed by atoms with van der Waals surface area (Å²) >= 11 is 4.27. The minimum atomic E-state index is -1.27. The fraction of sp³-hybridized carbons (Fsp3) is 0.250. The van der Waals surface area contributed by atoms with E-state index in [1.165, 1.54) is 22.7 Å². The van der Waals surface area contributed by atoms with Crippen molar-refractivity contribution in [3.05, 3.63) is 81.8 Å². The van der Waals surface area contributed by atoms with E-state index >= 15 is 0 Å². The van der Waals surface area contributed by atoms with E-state index in [0.717, 1.165) is 21.5 Å². The van der Waals surface area contributed by atoms with Crippen molar-refractivity contribution in [2.75, 3.05) is 22.1 Å². The Labute approximate surface area is 225 Å². The van der Waals surface area contributed by atoms with Crippen LogP contribution in [0.3, 0.4) is 0 Å². The summed E-state index contributed by atoms with van der Waals surface area (Å²) in [4.78, 5) is 24.5. The Morgan fingerprint density at radius 3 is 1.51 bits per heavy atom. The van der Waals surface area contributed by atoms with E-state index in [9.17, 15) is 19.8 Å². The zero-order valence-corrected chi connectivity index (χ0v) is 21.9. The first-order chi connectivity index (χ1) is 18.0. The molecule has 0 saturated carbocycles. The summed E-state index contributed by atoms with van der Waals surface area (Å²) in [7, 11) is 0. The third-order valence-electron chi connectivity index (χ3n) is 5.04. The highest BCUT2D eigenvalue weighted by molar-refractivity contribution is 7.99. The Kier molecular flexibility index (Phi) is 9.68. The minimum absolute atomic E-state index is 0.348. The van der Waals surface area contributed by atoms with Crippen molar-refractivity contribution >= 4 is 56.5 Å². The lowest BCUT2D eigenvalue weighted by Gasteiger charge is -2.09. The molecule has 13 heteroatoms. The van der Waals surface area contributed by atoms with Crippen LogP contribution in [0, 0.1) is 0 Å². The number of nitrogens with zero attached hydrogens (tertiary/aromatic N) is 4. The van der Waals surface area contributed by atoms with E-state index in [1.54, 1.807) is 60.3 Å². The number of amides is 2. The second-order valence-corrected chi connectivity index (χ2v) is 11.1. The van der Waals surface area contributed by atoms with Gasteiger partial charge in [-0.3, -0.25) is 20.2 Å². The lowest BCUT2D eigenvalue weighted by atomic mass is 10.1. The summed E-state index contributed by atoms with van der Waals surface area (Å²) in [5.74, 6) is 0.512. The van der Waals surface area contributed by atoms with E-state index in [4.69, 9.17) is 0 Å². The van der Waals surface area contributed by atoms with Gasteiger partial charge in [0.1, 0.15) is 10.0 Å². The Morgan fingerprint density at radius 1 is 0.703 bits per heavy atom. The lowest BCUT2D eigenvalue weighted by molar-refractivity contribution is -0.124. The molecule has 0 spiro atoms. The normalized spacial score (nSPS) is 12.6. The Hall–Kier alpha value is -3.23. The summed E-state index contributed by atoms with van der Waals surface area (Å²) < 4.78 is 0. The maximum Gasteiger partial charge on any atom is 0.259 e. The van der Waals surface area contributed by atoms with Gasteiger partial charge in [-0.05, 0) is 22.6 Å². The van der Waals surface area contributed by atoms with Crippen molar-refractivity contribution < 1.29 is 19.8 Å². The number of aliphatic hydroxyl groups excluding tert-OH is 2. The van der Waals surface area contributed by atoms with Gasteiger partial charge in [0.2, 0.25) is 10.3 Å². The molecule has 0 aliphatic rings. The van der Waals surface area contributed by atoms with Gasteiger partial charge < -0.3 is 10.2 Å². The van der Waals surface area contributed by atoms with Gasteiger partial charge in [0.15, 0.2) is 12.2 Å². The number of benzene rings is 2. The third-order valence-corrected chi connectivity index (χ3v) is 7.82. The first-order valence-electron chi connectivity index (χ1n) is 11.3. The molecule has 37 heavy (non-hydrogen) atoms. The standard InChI is InChI=1S/C24H24N6O4S3/c31-19(15-7-3-1-4-8-15)21(33)25-23-29-27-17(36-23)11-13-35-14-12-18-28-30-24(37-18)26-22(34)20(32)16-9-5-2-6-10-16/h1-10,19-20,31-32H,11-14H2,(H,25,29,33)(H,26,30,34)/t19-,20-/m0/s1. The molecule has 4 aromatic rings. The highest BCUT2D eigenvalue weighted by Gasteiger charge is 2.20. The number of aliphatic hydroxyl groups is 2. The average molecular weight is 557 g/mol. The Bertz CT molecular complexity index is 1200. The molecule has 192 valence electrons. The lowest BCUT2D eigenvalue weighted by Crippen LogP contribution is -2.20. The molecule has 2 aromatic carbocycles. The molecule has 0 bridgehead atoms. The predicted octanol–water partition coefficient (Wildman–Crippen LogP) is 3.25. The van der Waals surface area contributed by atoms with Crippen molar-refractivity contribution in [3.63, 3.8) is 0 Å². The Balaban J connectivity index is 1.14. The predicted molar refractivity (Wildman–Crippen MR) is 145 cm³/mol. The molecule has 0 radical (unpaired) electrons. The van der Waals surface area contributed by atoms with Gasteiger partial charge >= 0.3 is 0 Å². The van der Waals surface area contributed by atoms with Gasteiger partial charge in [0.05, 0.1) is 0 Å². The largest absolute Gasteiger partial charge is 0.378 e. The topological polar surface area (TPSA) is 150 Å². The summed E-state index contributed by atoms with van der Waals surface area (Å²) in [6.07, 6.45) is -1.16. The molecule has 0 unspecified atom stereocenters. The molecule has 4 N–H and O–H groups in total. The maximum atomic E-state index is 12.2. The fourth-order valence-electron chi connectivity index (χ4n) is 3.15. The summed E-state index contributed by atoms with van der Waals surface area (Å²) in [6, 6.07) is 17.4. The number of rotatable bonds is 12. The van der Waals surface area contributed by atoms with E-state index in [1.807, 2.05) is 12.1 Å². The fourth-order valence-corrected chi connectivity index (χ4v) is 5.77. The van der Waals surface area contributed by atoms with E-state index in [-0.39, 0.29) is 0 Å². The van der Waals surface area contributed by atoms with Crippen molar-refractivity contribution in [3.8, 4) is 0 Å². The van der Waals surface area contributed by atoms with E-state index in [0.29, 0.717) is 34.2 Å². The molecule has 0 saturated heterocycles. The first kappa shape index (κ1) is 26.8. The van der Waals surface area contributed by atoms with Gasteiger partial charge in [-0.25, -0.2) is 0 Å². The number of hydrogen-bond acceptors (Lipinski definition) is 11. The molecule has 0 aliphatic carbocycles. The number of aryl methyl sites for hydroxylation is 2. The number of carbonyl (C=O) groups is 2. The molecular weight excluding hydrogens is 533 g/mol. The number of aromatic nitrogens is 4. The molecule has 2 amide bonds. The SMILES string of the molecule is O=C(Nc1nnc(CCSCCc2nnc(NC(=O)[C@@H](O)c3ccccc3)s2)s1)[C@@H](O)c1ccccc1. The zero-order valence-electron chi connectivity index (χ0n) is 19.5. The van der Waals surface area contributed by atoms with Crippen LogP contribution in [0.4, 0.5) is 10.3 Å². The number of carbonyl (C=O) groups excluding carboxylic acids is 2. The molecule has 4 rings (SSSR count). The quantitative estimate of drug-likeness (QED) is 0.193. The maximum absolute atomic E-state index is 12.2. The van der Waals surface area contributed by atoms with Crippen LogP contribution < -0.4 is 10.6 Å². The second-order valence-electron chi connectivity index (χ2n) is 7.72. The van der Waals surface area contributed by atoms with E-state index < -0.39 is 24.0 Å². The van der Waals surface area contributed by atoms with Crippen LogP contribution in [0.5, 0.6) is 0 Å². The summed E-state index contributed by atoms with van der Waals surface area (Å²) in [6.45, 7) is 0. The summed E-state index contributed by atoms with van der Waals surface area (Å²) in [5.41, 5.74) is 1.02. The van der Waals surface area contributed by atoms with Gasteiger partial charge in [-0.2, -0.15) is 11.8 Å². The second kappa shape index (κ2) is 13.4. The average Bonchev–Trinajstić information content (AvgIpc) is 3.57. The van der Waals surface area contributed by atoms with Crippen LogP contribution in [0.15, 0.2) is 60.7 Å². The molecule has 2 aromatic heterocycles. The molecule has 2 atom stereocenters.